The van der Waals surface area contributed by atoms with E-state index in [0.717, 1.165) is 18.7 Å². The molecule has 24 heavy (non-hydrogen) atoms. The van der Waals surface area contributed by atoms with Crippen LogP contribution < -0.4 is 11.0 Å². The highest BCUT2D eigenvalue weighted by Crippen LogP contribution is 2.17. The molecular formula is C18H24N4O2. The number of nitrogens with zero attached hydrogens (tertiary/aromatic N) is 3. The summed E-state index contributed by atoms with van der Waals surface area (Å²) in [5.74, 6) is 0.654. The maximum absolute atomic E-state index is 12.4. The number of benzene rings is 1. The van der Waals surface area contributed by atoms with E-state index in [1.807, 2.05) is 0 Å². The minimum absolute atomic E-state index is 0.0289. The van der Waals surface area contributed by atoms with Crippen molar-refractivity contribution in [3.05, 3.63) is 51.2 Å². The van der Waals surface area contributed by atoms with Crippen LogP contribution >= 0.6 is 0 Å². The van der Waals surface area contributed by atoms with E-state index in [1.165, 1.54) is 21.4 Å². The molecule has 0 unspecified atom stereocenters. The molecule has 1 aliphatic rings. The Balaban J connectivity index is 1.56. The third kappa shape index (κ3) is 3.27. The lowest BCUT2D eigenvalue weighted by atomic mass is 9.98. The van der Waals surface area contributed by atoms with Gasteiger partial charge < -0.3 is 5.32 Å². The van der Waals surface area contributed by atoms with Crippen molar-refractivity contribution in [2.75, 3.05) is 6.54 Å². The Morgan fingerprint density at radius 2 is 2.17 bits per heavy atom. The van der Waals surface area contributed by atoms with Gasteiger partial charge in [0, 0.05) is 26.6 Å². The molecule has 0 fully saturated rings. The van der Waals surface area contributed by atoms with Crippen molar-refractivity contribution in [2.45, 2.75) is 39.7 Å². The summed E-state index contributed by atoms with van der Waals surface area (Å²) < 4.78 is 2.97. The highest BCUT2D eigenvalue weighted by Gasteiger charge is 2.27. The quantitative estimate of drug-likeness (QED) is 0.914. The van der Waals surface area contributed by atoms with Crippen LogP contribution in [0.3, 0.4) is 0 Å². The smallest absolute Gasteiger partial charge is 0.345 e. The lowest BCUT2D eigenvalue weighted by molar-refractivity contribution is -0.125. The van der Waals surface area contributed by atoms with Gasteiger partial charge in [-0.25, -0.2) is 9.48 Å². The minimum atomic E-state index is -0.154. The molecule has 1 aliphatic heterocycles. The number of hydrogen-bond donors (Lipinski definition) is 1. The fourth-order valence-electron chi connectivity index (χ4n) is 3.34. The first-order valence-electron chi connectivity index (χ1n) is 8.42. The van der Waals surface area contributed by atoms with Crippen molar-refractivity contribution in [1.82, 2.24) is 19.7 Å². The van der Waals surface area contributed by atoms with Crippen molar-refractivity contribution in [1.29, 1.82) is 0 Å². The molecule has 0 bridgehead atoms. The number of carbonyl (C=O) groups excluding carboxylic acids is 1. The van der Waals surface area contributed by atoms with Crippen LogP contribution in [0.15, 0.2) is 23.0 Å². The van der Waals surface area contributed by atoms with Crippen LogP contribution in [0.5, 0.6) is 0 Å². The van der Waals surface area contributed by atoms with Gasteiger partial charge in [-0.1, -0.05) is 23.8 Å². The zero-order valence-corrected chi connectivity index (χ0v) is 14.5. The van der Waals surface area contributed by atoms with Gasteiger partial charge in [0.15, 0.2) is 0 Å². The molecular weight excluding hydrogens is 304 g/mol. The number of carbonyl (C=O) groups is 1. The number of rotatable bonds is 4. The predicted octanol–water partition coefficient (Wildman–Crippen LogP) is 1.12. The molecule has 0 saturated heterocycles. The Morgan fingerprint density at radius 3 is 2.92 bits per heavy atom. The van der Waals surface area contributed by atoms with E-state index in [4.69, 9.17) is 0 Å². The maximum Gasteiger partial charge on any atom is 0.345 e. The number of amides is 1. The molecule has 128 valence electrons. The highest BCUT2D eigenvalue weighted by atomic mass is 16.2. The van der Waals surface area contributed by atoms with Gasteiger partial charge >= 0.3 is 5.69 Å². The first-order chi connectivity index (χ1) is 11.5. The van der Waals surface area contributed by atoms with Gasteiger partial charge in [-0.05, 0) is 37.8 Å². The molecule has 1 atom stereocenters. The Hall–Kier alpha value is -2.37. The summed E-state index contributed by atoms with van der Waals surface area (Å²) in [6, 6.07) is 6.38. The van der Waals surface area contributed by atoms with Crippen LogP contribution in [0.25, 0.3) is 0 Å². The van der Waals surface area contributed by atoms with Crippen molar-refractivity contribution < 1.29 is 4.79 Å². The monoisotopic (exact) mass is 328 g/mol. The molecule has 0 radical (unpaired) electrons. The van der Waals surface area contributed by atoms with Crippen molar-refractivity contribution in [3.63, 3.8) is 0 Å². The molecule has 1 aromatic carbocycles. The maximum atomic E-state index is 12.4. The summed E-state index contributed by atoms with van der Waals surface area (Å²) >= 11 is 0. The van der Waals surface area contributed by atoms with Crippen LogP contribution in [0.2, 0.25) is 0 Å². The SMILES string of the molecule is Cc1ccc(CCNC(=O)[C@H]2CCc3nn(C)c(=O)n3C2)c(C)c1. The first-order valence-corrected chi connectivity index (χ1v) is 8.42. The van der Waals surface area contributed by atoms with E-state index >= 15 is 0 Å². The normalized spacial score (nSPS) is 16.7. The fourth-order valence-corrected chi connectivity index (χ4v) is 3.34. The number of aromatic nitrogens is 3. The van der Waals surface area contributed by atoms with Gasteiger partial charge in [0.1, 0.15) is 5.82 Å². The number of aryl methyl sites for hydroxylation is 4. The molecule has 1 N–H and O–H groups in total. The predicted molar refractivity (Wildman–Crippen MR) is 91.9 cm³/mol. The van der Waals surface area contributed by atoms with Gasteiger partial charge in [0.25, 0.3) is 0 Å². The molecule has 6 nitrogen and oxygen atoms in total. The Bertz CT molecular complexity index is 819. The van der Waals surface area contributed by atoms with Crippen molar-refractivity contribution in [3.8, 4) is 0 Å². The molecule has 2 aromatic rings. The number of nitrogens with one attached hydrogen (secondary N) is 1. The average Bonchev–Trinajstić information content (AvgIpc) is 2.83. The van der Waals surface area contributed by atoms with Gasteiger partial charge in [-0.3, -0.25) is 9.36 Å². The lowest BCUT2D eigenvalue weighted by Gasteiger charge is -2.21. The van der Waals surface area contributed by atoms with E-state index in [2.05, 4.69) is 42.5 Å². The molecule has 0 saturated carbocycles. The molecule has 1 aromatic heterocycles. The summed E-state index contributed by atoms with van der Waals surface area (Å²) in [6.07, 6.45) is 2.24. The average molecular weight is 328 g/mol. The molecule has 3 rings (SSSR count). The third-order valence-electron chi connectivity index (χ3n) is 4.77. The second-order valence-corrected chi connectivity index (χ2v) is 6.64. The molecule has 0 aliphatic carbocycles. The summed E-state index contributed by atoms with van der Waals surface area (Å²) in [6.45, 7) is 5.23. The van der Waals surface area contributed by atoms with E-state index < -0.39 is 0 Å². The second-order valence-electron chi connectivity index (χ2n) is 6.64. The van der Waals surface area contributed by atoms with Gasteiger partial charge in [-0.2, -0.15) is 5.10 Å². The van der Waals surface area contributed by atoms with Crippen molar-refractivity contribution >= 4 is 5.91 Å². The largest absolute Gasteiger partial charge is 0.355 e. The molecule has 0 spiro atoms. The minimum Gasteiger partial charge on any atom is -0.355 e. The molecule has 1 amide bonds. The van der Waals surface area contributed by atoms with Crippen LogP contribution in [0.1, 0.15) is 28.9 Å². The molecule has 6 heteroatoms. The van der Waals surface area contributed by atoms with E-state index in [9.17, 15) is 9.59 Å². The number of hydrogen-bond acceptors (Lipinski definition) is 3. The van der Waals surface area contributed by atoms with E-state index in [0.29, 0.717) is 19.5 Å². The molecule has 2 heterocycles. The van der Waals surface area contributed by atoms with Gasteiger partial charge in [0.2, 0.25) is 5.91 Å². The third-order valence-corrected chi connectivity index (χ3v) is 4.77. The lowest BCUT2D eigenvalue weighted by Crippen LogP contribution is -2.39. The van der Waals surface area contributed by atoms with Crippen LogP contribution in [-0.2, 0) is 31.2 Å². The van der Waals surface area contributed by atoms with Crippen LogP contribution in [0, 0.1) is 19.8 Å². The van der Waals surface area contributed by atoms with Crippen LogP contribution in [-0.4, -0.2) is 26.8 Å². The standard InChI is InChI=1S/C18H24N4O2/c1-12-4-5-14(13(2)10-12)8-9-19-17(23)15-6-7-16-20-21(3)18(24)22(16)11-15/h4-5,10,15H,6-9,11H2,1-3H3,(H,19,23)/t15-/m0/s1. The summed E-state index contributed by atoms with van der Waals surface area (Å²) in [5, 5.41) is 7.22. The number of fused-ring (bicyclic) bond motifs is 1. The Kier molecular flexibility index (Phi) is 4.55. The van der Waals surface area contributed by atoms with Crippen molar-refractivity contribution in [2.24, 2.45) is 13.0 Å². The van der Waals surface area contributed by atoms with Gasteiger partial charge in [-0.15, -0.1) is 0 Å². The first kappa shape index (κ1) is 16.5. The zero-order valence-electron chi connectivity index (χ0n) is 14.5. The topological polar surface area (TPSA) is 68.9 Å². The van der Waals surface area contributed by atoms with Gasteiger partial charge in [0.05, 0.1) is 5.92 Å². The van der Waals surface area contributed by atoms with E-state index in [1.54, 1.807) is 11.6 Å². The fraction of sp³-hybridized carbons (Fsp3) is 0.500. The summed E-state index contributed by atoms with van der Waals surface area (Å²) in [4.78, 5) is 24.4. The second kappa shape index (κ2) is 6.63. The van der Waals surface area contributed by atoms with Crippen LogP contribution in [0.4, 0.5) is 0 Å². The Morgan fingerprint density at radius 1 is 1.38 bits per heavy atom. The van der Waals surface area contributed by atoms with E-state index in [-0.39, 0.29) is 17.5 Å². The Labute approximate surface area is 141 Å². The summed E-state index contributed by atoms with van der Waals surface area (Å²) in [7, 11) is 1.65. The zero-order chi connectivity index (χ0) is 17.3. The highest BCUT2D eigenvalue weighted by molar-refractivity contribution is 5.78. The summed E-state index contributed by atoms with van der Waals surface area (Å²) in [5.41, 5.74) is 3.63.